The first kappa shape index (κ1) is 14.4. The lowest BCUT2D eigenvalue weighted by Crippen LogP contribution is -2.29. The van der Waals surface area contributed by atoms with Gasteiger partial charge in [-0.15, -0.1) is 0 Å². The number of hydrogen-bond donors (Lipinski definition) is 1. The third kappa shape index (κ3) is 4.26. The summed E-state index contributed by atoms with van der Waals surface area (Å²) < 4.78 is 18.0. The maximum atomic E-state index is 13.5. The molecule has 0 spiro atoms. The first-order valence-corrected chi connectivity index (χ1v) is 6.21. The Morgan fingerprint density at radius 1 is 1.65 bits per heavy atom. The molecule has 0 saturated carbocycles. The molecule has 94 valence electrons. The van der Waals surface area contributed by atoms with Crippen LogP contribution in [0.2, 0.25) is 5.02 Å². The normalized spacial score (nSPS) is 12.2. The highest BCUT2D eigenvalue weighted by molar-refractivity contribution is 9.10. The van der Waals surface area contributed by atoms with Gasteiger partial charge in [-0.1, -0.05) is 39.7 Å². The van der Waals surface area contributed by atoms with Crippen LogP contribution in [-0.4, -0.2) is 24.5 Å². The van der Waals surface area contributed by atoms with Crippen LogP contribution in [0.1, 0.15) is 5.56 Å². The highest BCUT2D eigenvalue weighted by Crippen LogP contribution is 2.17. The molecule has 0 aromatic heterocycles. The average molecular weight is 325 g/mol. The predicted molar refractivity (Wildman–Crippen MR) is 67.8 cm³/mol. The topological polar surface area (TPSA) is 38.3 Å². The fourth-order valence-electron chi connectivity index (χ4n) is 1.23. The quantitative estimate of drug-likeness (QED) is 0.668. The molecule has 1 rings (SSSR count). The van der Waals surface area contributed by atoms with Gasteiger partial charge in [-0.25, -0.2) is 4.39 Å². The smallest absolute Gasteiger partial charge is 0.320 e. The minimum absolute atomic E-state index is 0.0904. The predicted octanol–water partition coefficient (Wildman–Crippen LogP) is 2.51. The van der Waals surface area contributed by atoms with Gasteiger partial charge in [-0.05, 0) is 6.07 Å². The van der Waals surface area contributed by atoms with E-state index >= 15 is 0 Å². The summed E-state index contributed by atoms with van der Waals surface area (Å²) in [5.74, 6) is -0.810. The Labute approximate surface area is 112 Å². The van der Waals surface area contributed by atoms with Gasteiger partial charge in [0.15, 0.2) is 0 Å². The van der Waals surface area contributed by atoms with Crippen molar-refractivity contribution >= 4 is 33.5 Å². The number of rotatable bonds is 5. The van der Waals surface area contributed by atoms with Crippen molar-refractivity contribution in [3.63, 3.8) is 0 Å². The van der Waals surface area contributed by atoms with E-state index in [0.717, 1.165) is 0 Å². The number of hydrogen-bond acceptors (Lipinski definition) is 3. The van der Waals surface area contributed by atoms with E-state index in [1.54, 1.807) is 12.1 Å². The van der Waals surface area contributed by atoms with Crippen LogP contribution in [0, 0.1) is 5.82 Å². The summed E-state index contributed by atoms with van der Waals surface area (Å²) in [5.41, 5.74) is 0.460. The molecule has 6 heteroatoms. The van der Waals surface area contributed by atoms with Crippen molar-refractivity contribution in [2.75, 3.05) is 13.7 Å². The molecule has 0 amide bonds. The minimum Gasteiger partial charge on any atom is -0.468 e. The van der Waals surface area contributed by atoms with Gasteiger partial charge in [0.2, 0.25) is 0 Å². The molecule has 1 N–H and O–H groups in total. The zero-order valence-corrected chi connectivity index (χ0v) is 11.5. The first-order valence-electron chi connectivity index (χ1n) is 4.91. The molecule has 1 aromatic rings. The zero-order valence-electron chi connectivity index (χ0n) is 9.17. The lowest BCUT2D eigenvalue weighted by Gasteiger charge is -2.10. The molecule has 0 radical (unpaired) electrons. The van der Waals surface area contributed by atoms with Crippen LogP contribution in [0.25, 0.3) is 0 Å². The average Bonchev–Trinajstić information content (AvgIpc) is 2.33. The minimum atomic E-state index is -0.449. The van der Waals surface area contributed by atoms with Gasteiger partial charge in [-0.2, -0.15) is 0 Å². The van der Waals surface area contributed by atoms with Gasteiger partial charge >= 0.3 is 5.97 Å². The maximum Gasteiger partial charge on any atom is 0.320 e. The Balaban J connectivity index is 2.46. The second kappa shape index (κ2) is 6.93. The molecule has 0 aliphatic carbocycles. The first-order chi connectivity index (χ1) is 8.06. The Hall–Kier alpha value is -0.650. The van der Waals surface area contributed by atoms with Crippen LogP contribution in [-0.2, 0) is 16.1 Å². The molecule has 1 unspecified atom stereocenters. The van der Waals surface area contributed by atoms with Crippen LogP contribution in [0.4, 0.5) is 4.39 Å². The van der Waals surface area contributed by atoms with Crippen molar-refractivity contribution in [1.82, 2.24) is 5.32 Å². The Kier molecular flexibility index (Phi) is 5.88. The number of halogens is 3. The summed E-state index contributed by atoms with van der Waals surface area (Å²) in [4.78, 5) is 10.6. The van der Waals surface area contributed by atoms with Gasteiger partial charge in [0.25, 0.3) is 0 Å². The summed E-state index contributed by atoms with van der Waals surface area (Å²) in [5, 5.41) is 3.03. The highest BCUT2D eigenvalue weighted by Gasteiger charge is 2.14. The van der Waals surface area contributed by atoms with Crippen molar-refractivity contribution in [3.05, 3.63) is 34.6 Å². The number of alkyl halides is 1. The molecule has 0 saturated heterocycles. The monoisotopic (exact) mass is 323 g/mol. The summed E-state index contributed by atoms with van der Waals surface area (Å²) in [7, 11) is 1.31. The van der Waals surface area contributed by atoms with Crippen molar-refractivity contribution in [3.8, 4) is 0 Å². The third-order valence-corrected chi connectivity index (χ3v) is 3.12. The lowest BCUT2D eigenvalue weighted by atomic mass is 10.2. The van der Waals surface area contributed by atoms with Crippen molar-refractivity contribution < 1.29 is 13.9 Å². The van der Waals surface area contributed by atoms with Crippen LogP contribution < -0.4 is 5.32 Å². The van der Waals surface area contributed by atoms with Crippen LogP contribution in [0.5, 0.6) is 0 Å². The van der Waals surface area contributed by atoms with E-state index in [1.807, 2.05) is 0 Å². The van der Waals surface area contributed by atoms with Crippen molar-refractivity contribution in [2.45, 2.75) is 11.4 Å². The van der Waals surface area contributed by atoms with Gasteiger partial charge in [0.1, 0.15) is 10.6 Å². The fraction of sp³-hybridized carbons (Fsp3) is 0.364. The van der Waals surface area contributed by atoms with E-state index in [1.165, 1.54) is 13.2 Å². The van der Waals surface area contributed by atoms with Crippen LogP contribution in [0.3, 0.4) is 0 Å². The molecule has 1 atom stereocenters. The number of benzene rings is 1. The second-order valence-electron chi connectivity index (χ2n) is 3.33. The van der Waals surface area contributed by atoms with E-state index < -0.39 is 10.6 Å². The summed E-state index contributed by atoms with van der Waals surface area (Å²) in [6.07, 6.45) is 0. The van der Waals surface area contributed by atoms with E-state index in [0.29, 0.717) is 18.7 Å². The van der Waals surface area contributed by atoms with Crippen LogP contribution in [0.15, 0.2) is 18.2 Å². The van der Waals surface area contributed by atoms with Gasteiger partial charge < -0.3 is 10.1 Å². The van der Waals surface area contributed by atoms with Gasteiger partial charge in [0.05, 0.1) is 12.1 Å². The zero-order chi connectivity index (χ0) is 12.8. The maximum absolute atomic E-state index is 13.5. The number of methoxy groups -OCH3 is 1. The fourth-order valence-corrected chi connectivity index (χ4v) is 1.84. The largest absolute Gasteiger partial charge is 0.468 e. The molecule has 17 heavy (non-hydrogen) atoms. The molecule has 0 aliphatic rings. The van der Waals surface area contributed by atoms with E-state index in [2.05, 4.69) is 26.0 Å². The second-order valence-corrected chi connectivity index (χ2v) is 4.85. The molecule has 0 aliphatic heterocycles. The summed E-state index contributed by atoms with van der Waals surface area (Å²) >= 11 is 8.80. The molecular weight excluding hydrogens is 312 g/mol. The number of carbonyl (C=O) groups is 1. The van der Waals surface area contributed by atoms with Crippen molar-refractivity contribution in [1.29, 1.82) is 0 Å². The van der Waals surface area contributed by atoms with E-state index in [9.17, 15) is 9.18 Å². The van der Waals surface area contributed by atoms with Crippen molar-refractivity contribution in [2.24, 2.45) is 0 Å². The highest BCUT2D eigenvalue weighted by atomic mass is 79.9. The summed E-state index contributed by atoms with van der Waals surface area (Å²) in [6, 6.07) is 4.80. The number of esters is 1. The van der Waals surface area contributed by atoms with Crippen LogP contribution >= 0.6 is 27.5 Å². The molecule has 1 aromatic carbocycles. The standard InChI is InChI=1S/C11H12BrClFNO2/c1-17-11(16)8(12)6-15-5-7-3-2-4-9(13)10(7)14/h2-4,8,15H,5-6H2,1H3. The number of ether oxygens (including phenoxy) is 1. The lowest BCUT2D eigenvalue weighted by molar-refractivity contribution is -0.139. The molecule has 0 heterocycles. The number of nitrogens with one attached hydrogen (secondary N) is 1. The Morgan fingerprint density at radius 2 is 2.35 bits per heavy atom. The molecule has 0 fully saturated rings. The Morgan fingerprint density at radius 3 is 3.00 bits per heavy atom. The SMILES string of the molecule is COC(=O)C(Br)CNCc1cccc(Cl)c1F. The third-order valence-electron chi connectivity index (χ3n) is 2.13. The van der Waals surface area contributed by atoms with Gasteiger partial charge in [0, 0.05) is 18.7 Å². The summed E-state index contributed by atoms with van der Waals surface area (Å²) in [6.45, 7) is 0.643. The Bertz CT molecular complexity index is 403. The molecular formula is C11H12BrClFNO2. The number of carbonyl (C=O) groups excluding carboxylic acids is 1. The van der Waals surface area contributed by atoms with E-state index in [-0.39, 0.29) is 11.0 Å². The van der Waals surface area contributed by atoms with E-state index in [4.69, 9.17) is 11.6 Å². The van der Waals surface area contributed by atoms with Gasteiger partial charge in [-0.3, -0.25) is 4.79 Å². The molecule has 0 bridgehead atoms. The molecule has 3 nitrogen and oxygen atoms in total.